The van der Waals surface area contributed by atoms with Gasteiger partial charge in [0, 0.05) is 43.5 Å². The Hall–Kier alpha value is -2.13. The molecule has 0 spiro atoms. The number of piperazine rings is 1. The van der Waals surface area contributed by atoms with Crippen LogP contribution < -0.4 is 4.90 Å². The van der Waals surface area contributed by atoms with Crippen LogP contribution in [0.2, 0.25) is 0 Å². The van der Waals surface area contributed by atoms with Crippen LogP contribution in [0.1, 0.15) is 23.2 Å². The van der Waals surface area contributed by atoms with Gasteiger partial charge >= 0.3 is 0 Å². The fourth-order valence-corrected chi connectivity index (χ4v) is 3.50. The molecule has 3 nitrogen and oxygen atoms in total. The Bertz CT molecular complexity index is 683. The van der Waals surface area contributed by atoms with E-state index in [0.717, 1.165) is 42.1 Å². The van der Waals surface area contributed by atoms with E-state index < -0.39 is 0 Å². The number of hydrogen-bond donors (Lipinski definition) is 0. The molecule has 118 valence electrons. The molecule has 0 N–H and O–H groups in total. The minimum absolute atomic E-state index is 0.748. The standard InChI is InChI=1S/C20H22N2O/c23-15-17-3-1-2-4-20(17)16-5-7-18(8-6-16)21-11-13-22(14-12-21)19-9-10-19/h1-8,15,19H,9-14H2. The van der Waals surface area contributed by atoms with Crippen molar-refractivity contribution >= 4 is 12.0 Å². The Morgan fingerprint density at radius 2 is 1.57 bits per heavy atom. The Labute approximate surface area is 137 Å². The van der Waals surface area contributed by atoms with E-state index in [1.807, 2.05) is 24.3 Å². The topological polar surface area (TPSA) is 23.6 Å². The predicted molar refractivity (Wildman–Crippen MR) is 94.1 cm³/mol. The number of hydrogen-bond acceptors (Lipinski definition) is 3. The molecule has 2 aromatic carbocycles. The highest BCUT2D eigenvalue weighted by Gasteiger charge is 2.31. The third-order valence-corrected chi connectivity index (χ3v) is 5.01. The van der Waals surface area contributed by atoms with E-state index in [2.05, 4.69) is 34.1 Å². The molecule has 1 aliphatic heterocycles. The quantitative estimate of drug-likeness (QED) is 0.808. The predicted octanol–water partition coefficient (Wildman–Crippen LogP) is 3.45. The van der Waals surface area contributed by atoms with Crippen LogP contribution in [0.3, 0.4) is 0 Å². The van der Waals surface area contributed by atoms with Gasteiger partial charge in [-0.05, 0) is 36.1 Å². The van der Waals surface area contributed by atoms with Crippen molar-refractivity contribution in [2.24, 2.45) is 0 Å². The molecular weight excluding hydrogens is 284 g/mol. The summed E-state index contributed by atoms with van der Waals surface area (Å²) in [6, 6.07) is 17.3. The van der Waals surface area contributed by atoms with Crippen molar-refractivity contribution in [2.75, 3.05) is 31.1 Å². The van der Waals surface area contributed by atoms with Gasteiger partial charge in [-0.15, -0.1) is 0 Å². The summed E-state index contributed by atoms with van der Waals surface area (Å²) in [5, 5.41) is 0. The van der Waals surface area contributed by atoms with Crippen LogP contribution in [0.4, 0.5) is 5.69 Å². The minimum Gasteiger partial charge on any atom is -0.369 e. The molecule has 2 aromatic rings. The van der Waals surface area contributed by atoms with Crippen LogP contribution in [0, 0.1) is 0 Å². The molecule has 0 bridgehead atoms. The van der Waals surface area contributed by atoms with E-state index in [1.165, 1.54) is 31.6 Å². The van der Waals surface area contributed by atoms with Crippen molar-refractivity contribution in [1.29, 1.82) is 0 Å². The molecule has 1 aliphatic carbocycles. The van der Waals surface area contributed by atoms with Crippen LogP contribution in [-0.4, -0.2) is 43.4 Å². The van der Waals surface area contributed by atoms with Crippen LogP contribution in [0.25, 0.3) is 11.1 Å². The molecule has 0 amide bonds. The highest BCUT2D eigenvalue weighted by molar-refractivity contribution is 5.87. The largest absolute Gasteiger partial charge is 0.369 e. The van der Waals surface area contributed by atoms with Gasteiger partial charge in [-0.1, -0.05) is 36.4 Å². The minimum atomic E-state index is 0.748. The molecule has 3 heteroatoms. The van der Waals surface area contributed by atoms with Crippen LogP contribution in [-0.2, 0) is 0 Å². The van der Waals surface area contributed by atoms with Gasteiger partial charge in [0.15, 0.2) is 6.29 Å². The lowest BCUT2D eigenvalue weighted by Gasteiger charge is -2.36. The van der Waals surface area contributed by atoms with Gasteiger partial charge in [0.1, 0.15) is 0 Å². The van der Waals surface area contributed by atoms with E-state index in [0.29, 0.717) is 0 Å². The summed E-state index contributed by atoms with van der Waals surface area (Å²) in [5.41, 5.74) is 4.15. The smallest absolute Gasteiger partial charge is 0.150 e. The van der Waals surface area contributed by atoms with Gasteiger partial charge in [0.25, 0.3) is 0 Å². The molecule has 1 heterocycles. The Kier molecular flexibility index (Phi) is 3.88. The molecule has 0 radical (unpaired) electrons. The van der Waals surface area contributed by atoms with Crippen molar-refractivity contribution < 1.29 is 4.79 Å². The first-order chi connectivity index (χ1) is 11.3. The first-order valence-electron chi connectivity index (χ1n) is 8.49. The molecule has 1 saturated carbocycles. The molecule has 1 saturated heterocycles. The second-order valence-electron chi connectivity index (χ2n) is 6.51. The van der Waals surface area contributed by atoms with E-state index in [4.69, 9.17) is 0 Å². The lowest BCUT2D eigenvalue weighted by atomic mass is 10.00. The molecule has 0 unspecified atom stereocenters. The van der Waals surface area contributed by atoms with E-state index in [-0.39, 0.29) is 0 Å². The molecule has 23 heavy (non-hydrogen) atoms. The maximum absolute atomic E-state index is 11.2. The SMILES string of the molecule is O=Cc1ccccc1-c1ccc(N2CCN(C3CC3)CC2)cc1. The number of benzene rings is 2. The molecular formula is C20H22N2O. The normalized spacial score (nSPS) is 18.9. The average molecular weight is 306 g/mol. The lowest BCUT2D eigenvalue weighted by molar-refractivity contribution is 0.112. The average Bonchev–Trinajstić information content (AvgIpc) is 3.47. The van der Waals surface area contributed by atoms with Crippen LogP contribution in [0.5, 0.6) is 0 Å². The number of carbonyl (C=O) groups is 1. The number of nitrogens with zero attached hydrogens (tertiary/aromatic N) is 2. The molecule has 0 aromatic heterocycles. The third-order valence-electron chi connectivity index (χ3n) is 5.01. The fraction of sp³-hybridized carbons (Fsp3) is 0.350. The van der Waals surface area contributed by atoms with Gasteiger partial charge in [-0.3, -0.25) is 9.69 Å². The summed E-state index contributed by atoms with van der Waals surface area (Å²) in [6.07, 6.45) is 3.72. The Balaban J connectivity index is 1.48. The molecule has 0 atom stereocenters. The van der Waals surface area contributed by atoms with E-state index in [1.54, 1.807) is 0 Å². The zero-order valence-corrected chi connectivity index (χ0v) is 13.3. The molecule has 2 aliphatic rings. The van der Waals surface area contributed by atoms with E-state index >= 15 is 0 Å². The summed E-state index contributed by atoms with van der Waals surface area (Å²) in [4.78, 5) is 16.3. The first kappa shape index (κ1) is 14.5. The number of rotatable bonds is 4. The fourth-order valence-electron chi connectivity index (χ4n) is 3.50. The highest BCUT2D eigenvalue weighted by atomic mass is 16.1. The summed E-state index contributed by atoms with van der Waals surface area (Å²) in [7, 11) is 0. The van der Waals surface area contributed by atoms with Crippen molar-refractivity contribution in [3.8, 4) is 11.1 Å². The second kappa shape index (κ2) is 6.17. The highest BCUT2D eigenvalue weighted by Crippen LogP contribution is 2.29. The van der Waals surface area contributed by atoms with Gasteiger partial charge in [-0.2, -0.15) is 0 Å². The van der Waals surface area contributed by atoms with Gasteiger partial charge in [-0.25, -0.2) is 0 Å². The Morgan fingerprint density at radius 3 is 2.22 bits per heavy atom. The second-order valence-corrected chi connectivity index (χ2v) is 6.51. The number of aldehydes is 1. The van der Waals surface area contributed by atoms with Crippen LogP contribution in [0.15, 0.2) is 48.5 Å². The summed E-state index contributed by atoms with van der Waals surface area (Å²) >= 11 is 0. The van der Waals surface area contributed by atoms with Crippen molar-refractivity contribution in [1.82, 2.24) is 4.90 Å². The maximum Gasteiger partial charge on any atom is 0.150 e. The summed E-state index contributed by atoms with van der Waals surface area (Å²) in [5.74, 6) is 0. The van der Waals surface area contributed by atoms with Gasteiger partial charge in [0.05, 0.1) is 0 Å². The van der Waals surface area contributed by atoms with Gasteiger partial charge in [0.2, 0.25) is 0 Å². The van der Waals surface area contributed by atoms with Gasteiger partial charge < -0.3 is 4.90 Å². The zero-order valence-electron chi connectivity index (χ0n) is 13.3. The van der Waals surface area contributed by atoms with Crippen molar-refractivity contribution in [2.45, 2.75) is 18.9 Å². The maximum atomic E-state index is 11.2. The lowest BCUT2D eigenvalue weighted by Crippen LogP contribution is -2.47. The van der Waals surface area contributed by atoms with Crippen molar-refractivity contribution in [3.63, 3.8) is 0 Å². The Morgan fingerprint density at radius 1 is 0.870 bits per heavy atom. The zero-order chi connectivity index (χ0) is 15.6. The number of carbonyl (C=O) groups excluding carboxylic acids is 1. The van der Waals surface area contributed by atoms with Crippen LogP contribution >= 0.6 is 0 Å². The first-order valence-corrected chi connectivity index (χ1v) is 8.49. The summed E-state index contributed by atoms with van der Waals surface area (Å²) in [6.45, 7) is 4.59. The summed E-state index contributed by atoms with van der Waals surface area (Å²) < 4.78 is 0. The third kappa shape index (κ3) is 3.02. The van der Waals surface area contributed by atoms with Crippen molar-refractivity contribution in [3.05, 3.63) is 54.1 Å². The molecule has 2 fully saturated rings. The monoisotopic (exact) mass is 306 g/mol. The van der Waals surface area contributed by atoms with E-state index in [9.17, 15) is 4.79 Å². The molecule has 4 rings (SSSR count). The number of anilines is 1.